The Morgan fingerprint density at radius 1 is 1.12 bits per heavy atom. The molecule has 0 aliphatic heterocycles. The molecule has 5 heteroatoms. The number of hydrogen-bond donors (Lipinski definition) is 2. The smallest absolute Gasteiger partial charge is 0.255 e. The first kappa shape index (κ1) is 18.6. The monoisotopic (exact) mass is 343 g/mol. The van der Waals surface area contributed by atoms with Crippen molar-refractivity contribution in [1.82, 2.24) is 5.32 Å². The number of aromatic hydroxyl groups is 1. The lowest BCUT2D eigenvalue weighted by molar-refractivity contribution is 0.0937. The van der Waals surface area contributed by atoms with Crippen molar-refractivity contribution in [3.8, 4) is 17.2 Å². The summed E-state index contributed by atoms with van der Waals surface area (Å²) in [5.74, 6) is 1.03. The van der Waals surface area contributed by atoms with Gasteiger partial charge in [0.25, 0.3) is 5.91 Å². The lowest BCUT2D eigenvalue weighted by Crippen LogP contribution is -2.26. The highest BCUT2D eigenvalue weighted by atomic mass is 16.5. The molecular formula is C20H25NO4. The third-order valence-electron chi connectivity index (χ3n) is 3.90. The van der Waals surface area contributed by atoms with Crippen LogP contribution in [0.2, 0.25) is 0 Å². The van der Waals surface area contributed by atoms with Crippen LogP contribution in [-0.2, 0) is 0 Å². The van der Waals surface area contributed by atoms with Gasteiger partial charge >= 0.3 is 0 Å². The van der Waals surface area contributed by atoms with Gasteiger partial charge in [-0.15, -0.1) is 0 Å². The number of para-hydroxylation sites is 1. The van der Waals surface area contributed by atoms with Gasteiger partial charge in [0, 0.05) is 0 Å². The van der Waals surface area contributed by atoms with Gasteiger partial charge in [0.1, 0.15) is 5.75 Å². The van der Waals surface area contributed by atoms with Gasteiger partial charge in [-0.1, -0.05) is 18.2 Å². The van der Waals surface area contributed by atoms with Gasteiger partial charge in [0.2, 0.25) is 0 Å². The molecule has 0 aliphatic rings. The fourth-order valence-electron chi connectivity index (χ4n) is 2.54. The molecule has 25 heavy (non-hydrogen) atoms. The van der Waals surface area contributed by atoms with Crippen LogP contribution >= 0.6 is 0 Å². The van der Waals surface area contributed by atoms with Crippen molar-refractivity contribution >= 4 is 5.91 Å². The predicted octanol–water partition coefficient (Wildman–Crippen LogP) is 3.99. The van der Waals surface area contributed by atoms with E-state index in [1.54, 1.807) is 25.1 Å². The van der Waals surface area contributed by atoms with Gasteiger partial charge in [0.05, 0.1) is 24.8 Å². The average molecular weight is 343 g/mol. The number of amides is 1. The number of rotatable bonds is 7. The highest BCUT2D eigenvalue weighted by molar-refractivity contribution is 5.97. The zero-order chi connectivity index (χ0) is 18.4. The Kier molecular flexibility index (Phi) is 6.28. The Labute approximate surface area is 148 Å². The SMILES string of the molecule is CCOc1ccc(C(C)NC(=O)c2cccc(C)c2O)cc1OCC. The maximum absolute atomic E-state index is 12.5. The molecule has 0 aliphatic carbocycles. The molecule has 0 aromatic heterocycles. The Balaban J connectivity index is 2.19. The number of benzene rings is 2. The minimum Gasteiger partial charge on any atom is -0.507 e. The van der Waals surface area contributed by atoms with E-state index in [2.05, 4.69) is 5.32 Å². The quantitative estimate of drug-likeness (QED) is 0.798. The fourth-order valence-corrected chi connectivity index (χ4v) is 2.54. The third-order valence-corrected chi connectivity index (χ3v) is 3.90. The zero-order valence-corrected chi connectivity index (χ0v) is 15.1. The lowest BCUT2D eigenvalue weighted by Gasteiger charge is -2.18. The molecule has 0 heterocycles. The second kappa shape index (κ2) is 8.42. The van der Waals surface area contributed by atoms with Crippen molar-refractivity contribution in [3.63, 3.8) is 0 Å². The molecule has 2 rings (SSSR count). The minimum absolute atomic E-state index is 0.00824. The van der Waals surface area contributed by atoms with E-state index in [1.807, 2.05) is 39.0 Å². The average Bonchev–Trinajstić information content (AvgIpc) is 2.59. The highest BCUT2D eigenvalue weighted by Crippen LogP contribution is 2.31. The van der Waals surface area contributed by atoms with Gasteiger partial charge in [-0.25, -0.2) is 0 Å². The molecule has 0 saturated heterocycles. The van der Waals surface area contributed by atoms with E-state index in [0.29, 0.717) is 30.3 Å². The summed E-state index contributed by atoms with van der Waals surface area (Å²) in [7, 11) is 0. The number of ether oxygens (including phenoxy) is 2. The number of nitrogens with one attached hydrogen (secondary N) is 1. The molecular weight excluding hydrogens is 318 g/mol. The molecule has 134 valence electrons. The summed E-state index contributed by atoms with van der Waals surface area (Å²) in [6, 6.07) is 10.5. The Bertz CT molecular complexity index is 742. The topological polar surface area (TPSA) is 67.8 Å². The molecule has 0 fully saturated rings. The fraction of sp³-hybridized carbons (Fsp3) is 0.350. The first-order valence-corrected chi connectivity index (χ1v) is 8.46. The highest BCUT2D eigenvalue weighted by Gasteiger charge is 2.17. The van der Waals surface area contributed by atoms with Crippen molar-refractivity contribution in [2.24, 2.45) is 0 Å². The number of carbonyl (C=O) groups is 1. The van der Waals surface area contributed by atoms with E-state index in [4.69, 9.17) is 9.47 Å². The van der Waals surface area contributed by atoms with Crippen molar-refractivity contribution < 1.29 is 19.4 Å². The molecule has 1 unspecified atom stereocenters. The Morgan fingerprint density at radius 3 is 2.48 bits per heavy atom. The van der Waals surface area contributed by atoms with Crippen LogP contribution < -0.4 is 14.8 Å². The van der Waals surface area contributed by atoms with Crippen LogP contribution in [-0.4, -0.2) is 24.2 Å². The molecule has 2 aromatic carbocycles. The van der Waals surface area contributed by atoms with Crippen LogP contribution in [0, 0.1) is 6.92 Å². The summed E-state index contributed by atoms with van der Waals surface area (Å²) >= 11 is 0. The molecule has 2 aromatic rings. The van der Waals surface area contributed by atoms with Crippen molar-refractivity contribution in [3.05, 3.63) is 53.1 Å². The number of hydrogen-bond acceptors (Lipinski definition) is 4. The van der Waals surface area contributed by atoms with Gasteiger partial charge in [-0.2, -0.15) is 0 Å². The summed E-state index contributed by atoms with van der Waals surface area (Å²) in [5, 5.41) is 13.0. The number of carbonyl (C=O) groups excluding carboxylic acids is 1. The van der Waals surface area contributed by atoms with Crippen molar-refractivity contribution in [2.75, 3.05) is 13.2 Å². The van der Waals surface area contributed by atoms with Gasteiger partial charge < -0.3 is 19.9 Å². The second-order valence-electron chi connectivity index (χ2n) is 5.74. The maximum Gasteiger partial charge on any atom is 0.255 e. The first-order valence-electron chi connectivity index (χ1n) is 8.46. The molecule has 0 spiro atoms. The Morgan fingerprint density at radius 2 is 1.80 bits per heavy atom. The maximum atomic E-state index is 12.5. The summed E-state index contributed by atoms with van der Waals surface area (Å²) in [6.07, 6.45) is 0. The van der Waals surface area contributed by atoms with Crippen molar-refractivity contribution in [2.45, 2.75) is 33.7 Å². The van der Waals surface area contributed by atoms with Crippen LogP contribution in [0.4, 0.5) is 0 Å². The molecule has 2 N–H and O–H groups in total. The van der Waals surface area contributed by atoms with Crippen LogP contribution in [0.5, 0.6) is 17.2 Å². The summed E-state index contributed by atoms with van der Waals surface area (Å²) in [6.45, 7) is 8.56. The number of aryl methyl sites for hydroxylation is 1. The predicted molar refractivity (Wildman–Crippen MR) is 97.5 cm³/mol. The lowest BCUT2D eigenvalue weighted by atomic mass is 10.1. The van der Waals surface area contributed by atoms with Gasteiger partial charge in [-0.05, 0) is 57.0 Å². The van der Waals surface area contributed by atoms with E-state index in [0.717, 1.165) is 5.56 Å². The number of phenolic OH excluding ortho intramolecular Hbond substituents is 1. The van der Waals surface area contributed by atoms with Crippen molar-refractivity contribution in [1.29, 1.82) is 0 Å². The van der Waals surface area contributed by atoms with Crippen LogP contribution in [0.3, 0.4) is 0 Å². The molecule has 1 atom stereocenters. The van der Waals surface area contributed by atoms with Gasteiger partial charge in [-0.3, -0.25) is 4.79 Å². The molecule has 5 nitrogen and oxygen atoms in total. The van der Waals surface area contributed by atoms with Gasteiger partial charge in [0.15, 0.2) is 11.5 Å². The van der Waals surface area contributed by atoms with Crippen LogP contribution in [0.15, 0.2) is 36.4 Å². The molecule has 0 radical (unpaired) electrons. The molecule has 0 bridgehead atoms. The number of phenols is 1. The largest absolute Gasteiger partial charge is 0.507 e. The molecule has 0 saturated carbocycles. The second-order valence-corrected chi connectivity index (χ2v) is 5.74. The third kappa shape index (κ3) is 4.44. The van der Waals surface area contributed by atoms with Crippen LogP contribution in [0.1, 0.15) is 48.3 Å². The van der Waals surface area contributed by atoms with E-state index in [9.17, 15) is 9.90 Å². The van der Waals surface area contributed by atoms with Crippen LogP contribution in [0.25, 0.3) is 0 Å². The van der Waals surface area contributed by atoms with E-state index >= 15 is 0 Å². The standard InChI is InChI=1S/C20H25NO4/c1-5-24-17-11-10-15(12-18(17)25-6-2)14(4)21-20(23)16-9-7-8-13(3)19(16)22/h7-12,14,22H,5-6H2,1-4H3,(H,21,23). The van der Waals surface area contributed by atoms with E-state index in [1.165, 1.54) is 0 Å². The minimum atomic E-state index is -0.319. The zero-order valence-electron chi connectivity index (χ0n) is 15.1. The summed E-state index contributed by atoms with van der Waals surface area (Å²) < 4.78 is 11.2. The Hall–Kier alpha value is -2.69. The first-order chi connectivity index (χ1) is 12.0. The van der Waals surface area contributed by atoms with E-state index in [-0.39, 0.29) is 23.3 Å². The van der Waals surface area contributed by atoms with E-state index < -0.39 is 0 Å². The summed E-state index contributed by atoms with van der Waals surface area (Å²) in [4.78, 5) is 12.5. The normalized spacial score (nSPS) is 11.7. The summed E-state index contributed by atoms with van der Waals surface area (Å²) in [5.41, 5.74) is 1.83. The molecule has 1 amide bonds.